The zero-order chi connectivity index (χ0) is 13.8. The van der Waals surface area contributed by atoms with Crippen LogP contribution < -0.4 is 17.2 Å². The quantitative estimate of drug-likeness (QED) is 0.572. The van der Waals surface area contributed by atoms with Gasteiger partial charge in [-0.3, -0.25) is 4.99 Å². The van der Waals surface area contributed by atoms with Crippen LogP contribution in [0.5, 0.6) is 0 Å². The molecule has 0 saturated heterocycles. The number of nitrogens with two attached hydrogens (primary N) is 3. The Balaban J connectivity index is 2.00. The van der Waals surface area contributed by atoms with Crippen molar-refractivity contribution in [1.29, 1.82) is 0 Å². The fraction of sp³-hybridized carbons (Fsp3) is 0.231. The van der Waals surface area contributed by atoms with Crippen LogP contribution in [0.4, 0.5) is 0 Å². The molecular weight excluding hydrogens is 262 g/mol. The summed E-state index contributed by atoms with van der Waals surface area (Å²) in [5, 5.41) is 0.745. The highest BCUT2D eigenvalue weighted by atomic mass is 35.5. The van der Waals surface area contributed by atoms with Gasteiger partial charge in [-0.2, -0.15) is 4.99 Å². The second kappa shape index (κ2) is 5.75. The van der Waals surface area contributed by atoms with E-state index in [1.54, 1.807) is 0 Å². The Labute approximate surface area is 116 Å². The van der Waals surface area contributed by atoms with Crippen LogP contribution in [0.1, 0.15) is 17.5 Å². The van der Waals surface area contributed by atoms with Gasteiger partial charge in [-0.1, -0.05) is 23.7 Å². The summed E-state index contributed by atoms with van der Waals surface area (Å²) in [5.74, 6) is 0.0170. The normalized spacial score (nSPS) is 13.9. The lowest BCUT2D eigenvalue weighted by Gasteiger charge is -2.05. The van der Waals surface area contributed by atoms with E-state index in [2.05, 4.69) is 22.1 Å². The van der Waals surface area contributed by atoms with Crippen LogP contribution in [0.25, 0.3) is 5.57 Å². The number of allylic oxidation sites excluding steroid dienone is 1. The average Bonchev–Trinajstić information content (AvgIpc) is 2.71. The lowest BCUT2D eigenvalue weighted by Crippen LogP contribution is -2.26. The highest BCUT2D eigenvalue weighted by molar-refractivity contribution is 6.30. The number of nitrogens with zero attached hydrogens (tertiary/aromatic N) is 2. The van der Waals surface area contributed by atoms with Crippen molar-refractivity contribution in [2.24, 2.45) is 27.2 Å². The number of fused-ring (bicyclic) bond motifs is 1. The van der Waals surface area contributed by atoms with Gasteiger partial charge < -0.3 is 17.2 Å². The van der Waals surface area contributed by atoms with Crippen LogP contribution in [0.2, 0.25) is 5.02 Å². The molecule has 6 N–H and O–H groups in total. The van der Waals surface area contributed by atoms with Gasteiger partial charge in [0.1, 0.15) is 0 Å². The summed E-state index contributed by atoms with van der Waals surface area (Å²) >= 11 is 6.01. The van der Waals surface area contributed by atoms with Gasteiger partial charge in [0.2, 0.25) is 5.96 Å². The Morgan fingerprint density at radius 3 is 2.79 bits per heavy atom. The lowest BCUT2D eigenvalue weighted by molar-refractivity contribution is 1.01. The molecular formula is C13H16ClN5. The smallest absolute Gasteiger partial charge is 0.218 e. The van der Waals surface area contributed by atoms with E-state index < -0.39 is 0 Å². The van der Waals surface area contributed by atoms with Gasteiger partial charge >= 0.3 is 0 Å². The van der Waals surface area contributed by atoms with Crippen molar-refractivity contribution in [3.8, 4) is 0 Å². The zero-order valence-corrected chi connectivity index (χ0v) is 11.2. The number of guanidine groups is 2. The molecule has 19 heavy (non-hydrogen) atoms. The van der Waals surface area contributed by atoms with Crippen molar-refractivity contribution in [1.82, 2.24) is 0 Å². The van der Waals surface area contributed by atoms with Gasteiger partial charge in [0.25, 0.3) is 0 Å². The molecule has 0 aliphatic heterocycles. The van der Waals surface area contributed by atoms with Gasteiger partial charge in [-0.15, -0.1) is 0 Å². The van der Waals surface area contributed by atoms with Crippen LogP contribution in [0, 0.1) is 0 Å². The maximum absolute atomic E-state index is 6.01. The van der Waals surface area contributed by atoms with Gasteiger partial charge in [0.15, 0.2) is 5.96 Å². The zero-order valence-electron chi connectivity index (χ0n) is 10.4. The Kier molecular flexibility index (Phi) is 4.06. The molecule has 0 saturated carbocycles. The molecule has 0 radical (unpaired) electrons. The molecule has 5 nitrogen and oxygen atoms in total. The van der Waals surface area contributed by atoms with Crippen molar-refractivity contribution >= 4 is 29.1 Å². The molecule has 0 amide bonds. The van der Waals surface area contributed by atoms with Gasteiger partial charge in [-0.25, -0.2) is 0 Å². The Bertz CT molecular complexity index is 570. The van der Waals surface area contributed by atoms with E-state index in [0.717, 1.165) is 17.9 Å². The van der Waals surface area contributed by atoms with Crippen molar-refractivity contribution in [3.63, 3.8) is 0 Å². The molecule has 1 aliphatic carbocycles. The highest BCUT2D eigenvalue weighted by Crippen LogP contribution is 2.31. The van der Waals surface area contributed by atoms with Crippen LogP contribution >= 0.6 is 11.6 Å². The predicted octanol–water partition coefficient (Wildman–Crippen LogP) is 1.26. The Morgan fingerprint density at radius 2 is 2.05 bits per heavy atom. The standard InChI is InChI=1S/C13H16ClN5/c14-10-4-3-8-1-2-9(11(8)7-10)5-6-18-13(17)19-12(15)16/h2-4,7H,1,5-6H2,(H6,15,16,17,18,19). The predicted molar refractivity (Wildman–Crippen MR) is 80.0 cm³/mol. The molecule has 0 bridgehead atoms. The minimum absolute atomic E-state index is 0.0848. The Morgan fingerprint density at radius 1 is 1.26 bits per heavy atom. The fourth-order valence-electron chi connectivity index (χ4n) is 2.06. The molecule has 0 heterocycles. The van der Waals surface area contributed by atoms with E-state index in [1.807, 2.05) is 12.1 Å². The largest absolute Gasteiger partial charge is 0.370 e. The Hall–Kier alpha value is -2.01. The molecule has 2 rings (SSSR count). The van der Waals surface area contributed by atoms with Gasteiger partial charge in [0, 0.05) is 11.6 Å². The fourth-order valence-corrected chi connectivity index (χ4v) is 2.24. The van der Waals surface area contributed by atoms with E-state index in [-0.39, 0.29) is 11.9 Å². The number of hydrogen-bond acceptors (Lipinski definition) is 1. The topological polar surface area (TPSA) is 103 Å². The summed E-state index contributed by atoms with van der Waals surface area (Å²) in [6, 6.07) is 5.95. The summed E-state index contributed by atoms with van der Waals surface area (Å²) in [6.45, 7) is 0.542. The maximum atomic E-state index is 6.01. The second-order valence-corrected chi connectivity index (χ2v) is 4.70. The lowest BCUT2D eigenvalue weighted by atomic mass is 10.0. The minimum Gasteiger partial charge on any atom is -0.370 e. The van der Waals surface area contributed by atoms with E-state index in [0.29, 0.717) is 6.54 Å². The monoisotopic (exact) mass is 277 g/mol. The number of aliphatic imine (C=N–C) groups is 2. The van der Waals surface area contributed by atoms with Crippen LogP contribution in [-0.2, 0) is 6.42 Å². The summed E-state index contributed by atoms with van der Waals surface area (Å²) in [7, 11) is 0. The first-order valence-corrected chi connectivity index (χ1v) is 6.31. The molecule has 6 heteroatoms. The maximum Gasteiger partial charge on any atom is 0.218 e. The molecule has 0 aromatic heterocycles. The van der Waals surface area contributed by atoms with Crippen molar-refractivity contribution in [3.05, 3.63) is 40.4 Å². The summed E-state index contributed by atoms with van der Waals surface area (Å²) in [5.41, 5.74) is 19.7. The van der Waals surface area contributed by atoms with Gasteiger partial charge in [-0.05, 0) is 41.7 Å². The number of benzene rings is 1. The molecule has 0 spiro atoms. The first kappa shape index (κ1) is 13.4. The summed E-state index contributed by atoms with van der Waals surface area (Å²) in [6.07, 6.45) is 3.91. The van der Waals surface area contributed by atoms with Crippen molar-refractivity contribution in [2.45, 2.75) is 12.8 Å². The molecule has 0 atom stereocenters. The number of hydrogen-bond donors (Lipinski definition) is 3. The van der Waals surface area contributed by atoms with Crippen LogP contribution in [0.15, 0.2) is 34.3 Å². The van der Waals surface area contributed by atoms with E-state index in [9.17, 15) is 0 Å². The third kappa shape index (κ3) is 3.48. The third-order valence-electron chi connectivity index (χ3n) is 2.88. The first-order valence-electron chi connectivity index (χ1n) is 5.93. The molecule has 1 aromatic carbocycles. The van der Waals surface area contributed by atoms with E-state index >= 15 is 0 Å². The van der Waals surface area contributed by atoms with Crippen LogP contribution in [-0.4, -0.2) is 18.5 Å². The molecule has 1 aromatic rings. The SMILES string of the molecule is NC(N)=NC(N)=NCCC1=CCc2ccc(Cl)cc21. The first-order chi connectivity index (χ1) is 9.06. The van der Waals surface area contributed by atoms with Crippen molar-refractivity contribution in [2.75, 3.05) is 6.54 Å². The number of rotatable bonds is 3. The highest BCUT2D eigenvalue weighted by Gasteiger charge is 2.13. The molecule has 1 aliphatic rings. The molecule has 100 valence electrons. The average molecular weight is 278 g/mol. The second-order valence-electron chi connectivity index (χ2n) is 4.26. The minimum atomic E-state index is -0.0848. The van der Waals surface area contributed by atoms with Gasteiger partial charge in [0.05, 0.1) is 0 Å². The van der Waals surface area contributed by atoms with E-state index in [1.165, 1.54) is 16.7 Å². The van der Waals surface area contributed by atoms with E-state index in [4.69, 9.17) is 28.8 Å². The third-order valence-corrected chi connectivity index (χ3v) is 3.12. The number of halogens is 1. The van der Waals surface area contributed by atoms with Crippen molar-refractivity contribution < 1.29 is 0 Å². The summed E-state index contributed by atoms with van der Waals surface area (Å²) in [4.78, 5) is 7.76. The van der Waals surface area contributed by atoms with Crippen LogP contribution in [0.3, 0.4) is 0 Å². The molecule has 0 unspecified atom stereocenters. The molecule has 0 fully saturated rings. The summed E-state index contributed by atoms with van der Waals surface area (Å²) < 4.78 is 0.